The van der Waals surface area contributed by atoms with Gasteiger partial charge in [-0.1, -0.05) is 19.4 Å². The van der Waals surface area contributed by atoms with Crippen LogP contribution in [0.4, 0.5) is 0 Å². The molecule has 0 unspecified atom stereocenters. The van der Waals surface area contributed by atoms with Gasteiger partial charge in [0.25, 0.3) is 5.91 Å². The van der Waals surface area contributed by atoms with Crippen molar-refractivity contribution >= 4 is 35.1 Å². The number of halogens is 1. The van der Waals surface area contributed by atoms with Gasteiger partial charge in [-0.2, -0.15) is 0 Å². The van der Waals surface area contributed by atoms with E-state index in [0.717, 1.165) is 61.5 Å². The minimum absolute atomic E-state index is 0. The van der Waals surface area contributed by atoms with Crippen molar-refractivity contribution in [1.29, 1.82) is 0 Å². The minimum atomic E-state index is -0.110. The number of likely N-dealkylation sites (tertiary alicyclic amines) is 2. The van der Waals surface area contributed by atoms with Gasteiger partial charge in [0, 0.05) is 36.9 Å². The molecular formula is C26H39ClN4O2. The molecule has 182 valence electrons. The Morgan fingerprint density at radius 2 is 1.76 bits per heavy atom. The van der Waals surface area contributed by atoms with Crippen molar-refractivity contribution in [2.24, 2.45) is 11.8 Å². The molecule has 0 spiro atoms. The molecule has 1 aromatic carbocycles. The predicted octanol–water partition coefficient (Wildman–Crippen LogP) is 4.41. The van der Waals surface area contributed by atoms with Crippen LogP contribution in [0.1, 0.15) is 57.2 Å². The number of carbonyl (C=O) groups excluding carboxylic acids is 2. The number of aromatic nitrogens is 1. The molecule has 2 fully saturated rings. The summed E-state index contributed by atoms with van der Waals surface area (Å²) in [6.07, 6.45) is 6.90. The van der Waals surface area contributed by atoms with E-state index < -0.39 is 0 Å². The molecule has 0 radical (unpaired) electrons. The molecule has 0 aliphatic carbocycles. The van der Waals surface area contributed by atoms with Gasteiger partial charge in [-0.15, -0.1) is 12.4 Å². The maximum atomic E-state index is 13.3. The first-order valence-corrected chi connectivity index (χ1v) is 12.3. The summed E-state index contributed by atoms with van der Waals surface area (Å²) in [4.78, 5) is 35.5. The Balaban J connectivity index is 0.00000324. The highest BCUT2D eigenvalue weighted by Gasteiger charge is 2.31. The van der Waals surface area contributed by atoms with Gasteiger partial charge in [-0.25, -0.2) is 0 Å². The second-order valence-corrected chi connectivity index (χ2v) is 9.65. The van der Waals surface area contributed by atoms with Gasteiger partial charge in [0.1, 0.15) is 6.54 Å². The van der Waals surface area contributed by atoms with E-state index in [1.165, 1.54) is 25.9 Å². The van der Waals surface area contributed by atoms with Crippen LogP contribution in [0.15, 0.2) is 30.4 Å². The Morgan fingerprint density at radius 1 is 1.09 bits per heavy atom. The van der Waals surface area contributed by atoms with Crippen LogP contribution < -0.4 is 0 Å². The Hall–Kier alpha value is -2.05. The van der Waals surface area contributed by atoms with E-state index in [9.17, 15) is 9.59 Å². The third-order valence-corrected chi connectivity index (χ3v) is 7.45. The summed E-state index contributed by atoms with van der Waals surface area (Å²) < 4.78 is 7.77. The first-order chi connectivity index (χ1) is 15.9. The second kappa shape index (κ2) is 11.9. The SMILES string of the molecule is Cl.[2H]c1cc2ccc(C(=O)N(CCCC)CC(=O)N3CCC(C4CCN(C)CC4)CC3)cc2[nH]1. The molecule has 1 N–H and O–H groups in total. The molecule has 0 atom stereocenters. The van der Waals surface area contributed by atoms with Gasteiger partial charge in [-0.05, 0) is 87.7 Å². The number of amides is 2. The van der Waals surface area contributed by atoms with Crippen LogP contribution in [0, 0.1) is 11.8 Å². The van der Waals surface area contributed by atoms with E-state index >= 15 is 0 Å². The number of unbranched alkanes of at least 4 members (excludes halogenated alkanes) is 1. The fourth-order valence-corrected chi connectivity index (χ4v) is 5.28. The van der Waals surface area contributed by atoms with Crippen LogP contribution in [0.2, 0.25) is 0 Å². The normalized spacial score (nSPS) is 18.7. The smallest absolute Gasteiger partial charge is 0.254 e. The van der Waals surface area contributed by atoms with Crippen LogP contribution in [0.3, 0.4) is 0 Å². The van der Waals surface area contributed by atoms with E-state index in [0.29, 0.717) is 18.3 Å². The van der Waals surface area contributed by atoms with E-state index in [2.05, 4.69) is 23.9 Å². The van der Waals surface area contributed by atoms with E-state index in [4.69, 9.17) is 1.37 Å². The van der Waals surface area contributed by atoms with Crippen molar-refractivity contribution < 1.29 is 11.0 Å². The number of nitrogens with one attached hydrogen (secondary N) is 1. The van der Waals surface area contributed by atoms with Gasteiger partial charge >= 0.3 is 0 Å². The van der Waals surface area contributed by atoms with Crippen molar-refractivity contribution in [2.45, 2.75) is 45.4 Å². The zero-order valence-electron chi connectivity index (χ0n) is 21.0. The number of nitrogens with zero attached hydrogens (tertiary/aromatic N) is 3. The number of hydrogen-bond donors (Lipinski definition) is 1. The van der Waals surface area contributed by atoms with E-state index in [-0.39, 0.29) is 30.8 Å². The van der Waals surface area contributed by atoms with E-state index in [1.807, 2.05) is 11.0 Å². The van der Waals surface area contributed by atoms with Crippen LogP contribution in [0.5, 0.6) is 0 Å². The number of rotatable bonds is 7. The highest BCUT2D eigenvalue weighted by Crippen LogP contribution is 2.32. The molecule has 3 heterocycles. The number of H-pyrrole nitrogens is 1. The summed E-state index contributed by atoms with van der Waals surface area (Å²) in [5, 5.41) is 0.917. The lowest BCUT2D eigenvalue weighted by molar-refractivity contribution is -0.133. The topological polar surface area (TPSA) is 59.7 Å². The van der Waals surface area contributed by atoms with Crippen molar-refractivity contribution in [3.8, 4) is 0 Å². The zero-order chi connectivity index (χ0) is 23.4. The van der Waals surface area contributed by atoms with Gasteiger partial charge in [0.15, 0.2) is 0 Å². The van der Waals surface area contributed by atoms with Gasteiger partial charge in [0.05, 0.1) is 1.37 Å². The summed E-state index contributed by atoms with van der Waals surface area (Å²) in [7, 11) is 2.20. The van der Waals surface area contributed by atoms with Crippen LogP contribution in [-0.4, -0.2) is 77.8 Å². The molecule has 4 rings (SSSR count). The molecule has 0 bridgehead atoms. The standard InChI is InChI=1S/C26H38N4O2.ClH/c1-3-4-13-30(26(32)23-6-5-22-7-12-27-24(22)18-23)19-25(31)29-16-10-21(11-17-29)20-8-14-28(2)15-9-20;/h5-7,12,18,20-21,27H,3-4,8-11,13-17,19H2,1-2H3;1H/i12D;. The molecule has 2 saturated heterocycles. The van der Waals surface area contributed by atoms with Crippen molar-refractivity contribution in [3.05, 3.63) is 36.0 Å². The Labute approximate surface area is 205 Å². The van der Waals surface area contributed by atoms with E-state index in [1.54, 1.807) is 23.1 Å². The lowest BCUT2D eigenvalue weighted by atomic mass is 9.79. The largest absolute Gasteiger partial charge is 0.361 e. The molecule has 1 aromatic heterocycles. The summed E-state index contributed by atoms with van der Waals surface area (Å²) in [6, 6.07) is 7.21. The highest BCUT2D eigenvalue weighted by atomic mass is 35.5. The molecule has 2 aliphatic heterocycles. The van der Waals surface area contributed by atoms with Crippen LogP contribution in [-0.2, 0) is 4.79 Å². The highest BCUT2D eigenvalue weighted by molar-refractivity contribution is 5.99. The first kappa shape index (κ1) is 24.1. The molecular weight excluding hydrogens is 436 g/mol. The van der Waals surface area contributed by atoms with Crippen LogP contribution >= 0.6 is 12.4 Å². The molecule has 33 heavy (non-hydrogen) atoms. The minimum Gasteiger partial charge on any atom is -0.361 e. The fraction of sp³-hybridized carbons (Fsp3) is 0.615. The molecule has 2 aromatic rings. The number of fused-ring (bicyclic) bond motifs is 1. The first-order valence-electron chi connectivity index (χ1n) is 12.8. The third kappa shape index (κ3) is 6.30. The number of benzene rings is 1. The number of aromatic amines is 1. The predicted molar refractivity (Wildman–Crippen MR) is 136 cm³/mol. The van der Waals surface area contributed by atoms with Gasteiger partial charge in [0.2, 0.25) is 5.91 Å². The lowest BCUT2D eigenvalue weighted by Crippen LogP contribution is -2.47. The quantitative estimate of drug-likeness (QED) is 0.645. The summed E-state index contributed by atoms with van der Waals surface area (Å²) in [6.45, 7) is 6.83. The molecule has 0 saturated carbocycles. The Morgan fingerprint density at radius 3 is 2.42 bits per heavy atom. The number of carbonyl (C=O) groups is 2. The monoisotopic (exact) mass is 475 g/mol. The zero-order valence-corrected chi connectivity index (χ0v) is 20.8. The Bertz CT molecular complexity index is 965. The summed E-state index contributed by atoms with van der Waals surface area (Å²) in [5.74, 6) is 1.49. The van der Waals surface area contributed by atoms with Crippen molar-refractivity contribution in [3.63, 3.8) is 0 Å². The van der Waals surface area contributed by atoms with Crippen LogP contribution in [0.25, 0.3) is 10.9 Å². The third-order valence-electron chi connectivity index (χ3n) is 7.45. The molecule has 2 amide bonds. The van der Waals surface area contributed by atoms with Crippen molar-refractivity contribution in [2.75, 3.05) is 46.3 Å². The second-order valence-electron chi connectivity index (χ2n) is 9.65. The summed E-state index contributed by atoms with van der Waals surface area (Å²) in [5.41, 5.74) is 1.35. The molecule has 7 heteroatoms. The van der Waals surface area contributed by atoms with Crippen molar-refractivity contribution in [1.82, 2.24) is 19.7 Å². The molecule has 2 aliphatic rings. The number of piperidine rings is 2. The average Bonchev–Trinajstić information content (AvgIpc) is 3.21. The summed E-state index contributed by atoms with van der Waals surface area (Å²) >= 11 is 0. The fourth-order valence-electron chi connectivity index (χ4n) is 5.28. The lowest BCUT2D eigenvalue weighted by Gasteiger charge is -2.39. The van der Waals surface area contributed by atoms with Gasteiger partial charge in [-0.3, -0.25) is 9.59 Å². The maximum absolute atomic E-state index is 13.3. The van der Waals surface area contributed by atoms with Gasteiger partial charge < -0.3 is 19.7 Å². The maximum Gasteiger partial charge on any atom is 0.254 e. The number of hydrogen-bond acceptors (Lipinski definition) is 3. The molecule has 6 nitrogen and oxygen atoms in total. The Kier molecular flexibility index (Phi) is 8.68. The average molecular weight is 476 g/mol.